The van der Waals surface area contributed by atoms with Crippen LogP contribution in [0.5, 0.6) is 0 Å². The summed E-state index contributed by atoms with van der Waals surface area (Å²) < 4.78 is 0. The van der Waals surface area contributed by atoms with Gasteiger partial charge < -0.3 is 0 Å². The number of hydrogen-bond donors (Lipinski definition) is 0. The molecule has 0 aromatic heterocycles. The van der Waals surface area contributed by atoms with Gasteiger partial charge in [0.25, 0.3) is 0 Å². The summed E-state index contributed by atoms with van der Waals surface area (Å²) in [7, 11) is 0. The van der Waals surface area contributed by atoms with Crippen molar-refractivity contribution in [1.29, 1.82) is 0 Å². The molecular formula is C9H7Cl3. The van der Waals surface area contributed by atoms with Gasteiger partial charge in [0.1, 0.15) is 0 Å². The third-order valence-electron chi connectivity index (χ3n) is 1.78. The minimum atomic E-state index is 0. The molecule has 3 heteroatoms. The molecule has 0 amide bonds. The van der Waals surface area contributed by atoms with E-state index in [-0.39, 0.29) is 12.4 Å². The van der Waals surface area contributed by atoms with Crippen molar-refractivity contribution in [2.24, 2.45) is 0 Å². The predicted octanol–water partition coefficient (Wildman–Crippen LogP) is 3.90. The van der Waals surface area contributed by atoms with E-state index in [2.05, 4.69) is 0 Å². The van der Waals surface area contributed by atoms with Gasteiger partial charge in [-0.3, -0.25) is 0 Å². The van der Waals surface area contributed by atoms with Crippen LogP contribution in [-0.4, -0.2) is 0 Å². The highest BCUT2D eigenvalue weighted by Crippen LogP contribution is 2.28. The molecule has 0 atom stereocenters. The second-order valence-electron chi connectivity index (χ2n) is 2.61. The molecule has 1 aliphatic carbocycles. The van der Waals surface area contributed by atoms with E-state index in [9.17, 15) is 0 Å². The average molecular weight is 222 g/mol. The second-order valence-corrected chi connectivity index (χ2v) is 3.53. The molecule has 0 nitrogen and oxygen atoms in total. The zero-order valence-electron chi connectivity index (χ0n) is 6.18. The van der Waals surface area contributed by atoms with Crippen molar-refractivity contribution < 1.29 is 0 Å². The molecule has 1 aliphatic rings. The Morgan fingerprint density at radius 2 is 1.92 bits per heavy atom. The Hall–Kier alpha value is -0.170. The third kappa shape index (κ3) is 1.77. The van der Waals surface area contributed by atoms with Crippen molar-refractivity contribution in [3.63, 3.8) is 0 Å². The summed E-state index contributed by atoms with van der Waals surface area (Å²) in [4.78, 5) is 0. The molecule has 0 spiro atoms. The lowest BCUT2D eigenvalue weighted by Gasteiger charge is -1.96. The highest BCUT2D eigenvalue weighted by atomic mass is 35.5. The van der Waals surface area contributed by atoms with E-state index in [1.807, 2.05) is 24.3 Å². The van der Waals surface area contributed by atoms with Crippen LogP contribution in [0.2, 0.25) is 5.02 Å². The highest BCUT2D eigenvalue weighted by Gasteiger charge is 2.10. The van der Waals surface area contributed by atoms with Gasteiger partial charge in [-0.05, 0) is 29.3 Å². The van der Waals surface area contributed by atoms with E-state index >= 15 is 0 Å². The molecule has 0 bridgehead atoms. The van der Waals surface area contributed by atoms with Crippen LogP contribution in [-0.2, 0) is 6.42 Å². The van der Waals surface area contributed by atoms with E-state index in [1.165, 1.54) is 11.1 Å². The number of hydrogen-bond acceptors (Lipinski definition) is 0. The maximum absolute atomic E-state index is 5.85. The van der Waals surface area contributed by atoms with Crippen molar-refractivity contribution in [1.82, 2.24) is 0 Å². The van der Waals surface area contributed by atoms with Crippen molar-refractivity contribution in [2.75, 3.05) is 0 Å². The Morgan fingerprint density at radius 3 is 2.67 bits per heavy atom. The fourth-order valence-electron chi connectivity index (χ4n) is 1.27. The molecule has 0 aliphatic heterocycles. The van der Waals surface area contributed by atoms with E-state index in [4.69, 9.17) is 23.2 Å². The predicted molar refractivity (Wildman–Crippen MR) is 56.2 cm³/mol. The van der Waals surface area contributed by atoms with Crippen LogP contribution >= 0.6 is 35.6 Å². The second kappa shape index (κ2) is 3.69. The molecule has 0 N–H and O–H groups in total. The van der Waals surface area contributed by atoms with Gasteiger partial charge in [-0.25, -0.2) is 0 Å². The minimum Gasteiger partial charge on any atom is -0.147 e. The average Bonchev–Trinajstić information content (AvgIpc) is 2.27. The zero-order chi connectivity index (χ0) is 7.84. The summed E-state index contributed by atoms with van der Waals surface area (Å²) in [6.07, 6.45) is 2.81. The highest BCUT2D eigenvalue weighted by molar-refractivity contribution is 6.33. The van der Waals surface area contributed by atoms with Gasteiger partial charge in [0.05, 0.1) is 0 Å². The SMILES string of the molecule is Cl.ClC1=Cc2ccc(Cl)cc2C1. The Balaban J connectivity index is 0.000000720. The van der Waals surface area contributed by atoms with Crippen LogP contribution in [0.4, 0.5) is 0 Å². The molecule has 0 saturated carbocycles. The van der Waals surface area contributed by atoms with E-state index in [1.54, 1.807) is 0 Å². The number of benzene rings is 1. The lowest BCUT2D eigenvalue weighted by atomic mass is 10.1. The van der Waals surface area contributed by atoms with Crippen LogP contribution in [0.1, 0.15) is 11.1 Å². The monoisotopic (exact) mass is 220 g/mol. The standard InChI is InChI=1S/C9H6Cl2.ClH/c10-8-2-1-6-3-9(11)5-7(6)4-8;/h1-4H,5H2;1H. The first-order valence-electron chi connectivity index (χ1n) is 3.40. The normalized spacial score (nSPS) is 13.3. The van der Waals surface area contributed by atoms with Gasteiger partial charge in [-0.15, -0.1) is 12.4 Å². The number of allylic oxidation sites excluding steroid dienone is 1. The Labute approximate surface area is 87.6 Å². The Morgan fingerprint density at radius 1 is 1.17 bits per heavy atom. The molecule has 0 radical (unpaired) electrons. The van der Waals surface area contributed by atoms with Crippen LogP contribution in [0.3, 0.4) is 0 Å². The fraction of sp³-hybridized carbons (Fsp3) is 0.111. The lowest BCUT2D eigenvalue weighted by Crippen LogP contribution is -1.80. The largest absolute Gasteiger partial charge is 0.147 e. The smallest absolute Gasteiger partial charge is 0.0409 e. The zero-order valence-corrected chi connectivity index (χ0v) is 8.51. The van der Waals surface area contributed by atoms with Gasteiger partial charge in [-0.1, -0.05) is 29.3 Å². The molecule has 0 saturated heterocycles. The molecule has 1 aromatic rings. The van der Waals surface area contributed by atoms with Crippen molar-refractivity contribution >= 4 is 41.7 Å². The summed E-state index contributed by atoms with van der Waals surface area (Å²) in [5, 5.41) is 1.67. The lowest BCUT2D eigenvalue weighted by molar-refractivity contribution is 1.29. The van der Waals surface area contributed by atoms with Gasteiger partial charge in [0, 0.05) is 16.5 Å². The maximum atomic E-state index is 5.85. The van der Waals surface area contributed by atoms with Crippen LogP contribution in [0, 0.1) is 0 Å². The van der Waals surface area contributed by atoms with Gasteiger partial charge in [0.15, 0.2) is 0 Å². The van der Waals surface area contributed by atoms with Crippen molar-refractivity contribution in [3.05, 3.63) is 39.4 Å². The van der Waals surface area contributed by atoms with Crippen LogP contribution in [0.25, 0.3) is 6.08 Å². The summed E-state index contributed by atoms with van der Waals surface area (Å²) in [5.41, 5.74) is 2.42. The Kier molecular flexibility index (Phi) is 3.05. The first kappa shape index (κ1) is 9.91. The topological polar surface area (TPSA) is 0 Å². The summed E-state index contributed by atoms with van der Waals surface area (Å²) in [6, 6.07) is 5.84. The summed E-state index contributed by atoms with van der Waals surface area (Å²) in [6.45, 7) is 0. The molecule has 12 heavy (non-hydrogen) atoms. The molecular weight excluding hydrogens is 214 g/mol. The van der Waals surface area contributed by atoms with Gasteiger partial charge in [0.2, 0.25) is 0 Å². The molecule has 0 unspecified atom stereocenters. The summed E-state index contributed by atoms with van der Waals surface area (Å²) in [5.74, 6) is 0. The van der Waals surface area contributed by atoms with E-state index < -0.39 is 0 Å². The number of halogens is 3. The van der Waals surface area contributed by atoms with Gasteiger partial charge >= 0.3 is 0 Å². The fourth-order valence-corrected chi connectivity index (χ4v) is 1.73. The molecule has 0 heterocycles. The first-order chi connectivity index (χ1) is 5.25. The van der Waals surface area contributed by atoms with Gasteiger partial charge in [-0.2, -0.15) is 0 Å². The van der Waals surface area contributed by atoms with Crippen molar-refractivity contribution in [2.45, 2.75) is 6.42 Å². The van der Waals surface area contributed by atoms with Crippen LogP contribution < -0.4 is 0 Å². The Bertz CT molecular complexity index is 329. The molecule has 64 valence electrons. The molecule has 0 fully saturated rings. The molecule has 1 aromatic carbocycles. The first-order valence-corrected chi connectivity index (χ1v) is 4.16. The molecule has 2 rings (SSSR count). The van der Waals surface area contributed by atoms with E-state index in [0.717, 1.165) is 16.5 Å². The van der Waals surface area contributed by atoms with Crippen molar-refractivity contribution in [3.8, 4) is 0 Å². The third-order valence-corrected chi connectivity index (χ3v) is 2.25. The summed E-state index contributed by atoms with van der Waals surface area (Å²) >= 11 is 11.7. The minimum absolute atomic E-state index is 0. The quantitative estimate of drug-likeness (QED) is 0.623. The van der Waals surface area contributed by atoms with E-state index in [0.29, 0.717) is 0 Å². The maximum Gasteiger partial charge on any atom is 0.0409 e. The number of rotatable bonds is 0. The number of fused-ring (bicyclic) bond motifs is 1. The van der Waals surface area contributed by atoms with Crippen LogP contribution in [0.15, 0.2) is 23.2 Å².